The first kappa shape index (κ1) is 11.8. The lowest BCUT2D eigenvalue weighted by atomic mass is 10.2. The molecule has 0 aliphatic rings. The highest BCUT2D eigenvalue weighted by molar-refractivity contribution is 5.79. The lowest BCUT2D eigenvalue weighted by molar-refractivity contribution is 0.415. The van der Waals surface area contributed by atoms with Crippen LogP contribution in [0.15, 0.2) is 24.4 Å². The van der Waals surface area contributed by atoms with Crippen molar-refractivity contribution in [3.8, 4) is 5.75 Å². The molecule has 0 bridgehead atoms. The summed E-state index contributed by atoms with van der Waals surface area (Å²) in [6.45, 7) is 3.85. The van der Waals surface area contributed by atoms with E-state index >= 15 is 0 Å². The molecule has 0 amide bonds. The normalized spacial score (nSPS) is 10.7. The van der Waals surface area contributed by atoms with Crippen LogP contribution in [0.25, 0.3) is 10.9 Å². The number of benzene rings is 1. The molecule has 0 spiro atoms. The van der Waals surface area contributed by atoms with Gasteiger partial charge in [0.15, 0.2) is 0 Å². The Morgan fingerprint density at radius 1 is 1.35 bits per heavy atom. The molecule has 1 heterocycles. The van der Waals surface area contributed by atoms with Crippen LogP contribution in [0.4, 0.5) is 0 Å². The predicted molar refractivity (Wildman–Crippen MR) is 68.1 cm³/mol. The lowest BCUT2D eigenvalue weighted by Crippen LogP contribution is -2.15. The standard InChI is InChI=1S/C13H17N3O/c1-3-6-14-9-13-15-8-10-7-11(17-2)4-5-12(10)16-13/h4-5,7-8,14H,3,6,9H2,1-2H3. The van der Waals surface area contributed by atoms with Crippen LogP contribution < -0.4 is 10.1 Å². The smallest absolute Gasteiger partial charge is 0.142 e. The number of aromatic nitrogens is 2. The van der Waals surface area contributed by atoms with Crippen molar-refractivity contribution < 1.29 is 4.74 Å². The first-order valence-electron chi connectivity index (χ1n) is 5.84. The Kier molecular flexibility index (Phi) is 3.88. The van der Waals surface area contributed by atoms with E-state index in [0.29, 0.717) is 0 Å². The second kappa shape index (κ2) is 5.59. The molecule has 0 radical (unpaired) electrons. The zero-order valence-corrected chi connectivity index (χ0v) is 10.2. The summed E-state index contributed by atoms with van der Waals surface area (Å²) in [4.78, 5) is 8.82. The maximum atomic E-state index is 5.16. The van der Waals surface area contributed by atoms with Crippen LogP contribution in [0, 0.1) is 0 Å². The molecular weight excluding hydrogens is 214 g/mol. The first-order valence-corrected chi connectivity index (χ1v) is 5.84. The van der Waals surface area contributed by atoms with Crippen LogP contribution in [0.1, 0.15) is 19.2 Å². The quantitative estimate of drug-likeness (QED) is 0.801. The molecule has 2 rings (SSSR count). The lowest BCUT2D eigenvalue weighted by Gasteiger charge is -2.05. The fraction of sp³-hybridized carbons (Fsp3) is 0.385. The predicted octanol–water partition coefficient (Wildman–Crippen LogP) is 2.14. The van der Waals surface area contributed by atoms with Crippen molar-refractivity contribution in [2.75, 3.05) is 13.7 Å². The number of hydrogen-bond acceptors (Lipinski definition) is 4. The Labute approximate surface area is 101 Å². The second-order valence-corrected chi connectivity index (χ2v) is 3.89. The van der Waals surface area contributed by atoms with Gasteiger partial charge in [-0.3, -0.25) is 0 Å². The van der Waals surface area contributed by atoms with Gasteiger partial charge < -0.3 is 10.1 Å². The molecule has 0 atom stereocenters. The number of hydrogen-bond donors (Lipinski definition) is 1. The van der Waals surface area contributed by atoms with Crippen molar-refractivity contribution in [1.29, 1.82) is 0 Å². The zero-order valence-electron chi connectivity index (χ0n) is 10.2. The van der Waals surface area contributed by atoms with E-state index in [1.54, 1.807) is 7.11 Å². The SMILES string of the molecule is CCCNCc1ncc2cc(OC)ccc2n1. The van der Waals surface area contributed by atoms with E-state index in [4.69, 9.17) is 4.74 Å². The maximum absolute atomic E-state index is 5.16. The first-order chi connectivity index (χ1) is 8.33. The number of ether oxygens (including phenoxy) is 1. The van der Waals surface area contributed by atoms with E-state index in [1.165, 1.54) is 0 Å². The molecule has 1 N–H and O–H groups in total. The minimum atomic E-state index is 0.718. The third-order valence-electron chi connectivity index (χ3n) is 2.55. The third kappa shape index (κ3) is 2.91. The van der Waals surface area contributed by atoms with E-state index in [0.717, 1.165) is 42.0 Å². The highest BCUT2D eigenvalue weighted by atomic mass is 16.5. The van der Waals surface area contributed by atoms with Crippen LogP contribution >= 0.6 is 0 Å². The van der Waals surface area contributed by atoms with Crippen molar-refractivity contribution in [2.24, 2.45) is 0 Å². The second-order valence-electron chi connectivity index (χ2n) is 3.89. The van der Waals surface area contributed by atoms with Crippen LogP contribution in [0.2, 0.25) is 0 Å². The Hall–Kier alpha value is -1.68. The van der Waals surface area contributed by atoms with E-state index in [-0.39, 0.29) is 0 Å². The molecule has 0 fully saturated rings. The highest BCUT2D eigenvalue weighted by Crippen LogP contribution is 2.18. The number of methoxy groups -OCH3 is 1. The Morgan fingerprint density at radius 2 is 2.24 bits per heavy atom. The highest BCUT2D eigenvalue weighted by Gasteiger charge is 2.01. The van der Waals surface area contributed by atoms with E-state index < -0.39 is 0 Å². The fourth-order valence-electron chi connectivity index (χ4n) is 1.64. The minimum Gasteiger partial charge on any atom is -0.497 e. The molecule has 2 aromatic rings. The van der Waals surface area contributed by atoms with E-state index in [1.807, 2.05) is 24.4 Å². The molecule has 0 aliphatic heterocycles. The van der Waals surface area contributed by atoms with Crippen molar-refractivity contribution >= 4 is 10.9 Å². The summed E-state index contributed by atoms with van der Waals surface area (Å²) in [5.74, 6) is 1.66. The largest absolute Gasteiger partial charge is 0.497 e. The Balaban J connectivity index is 2.19. The molecule has 1 aromatic heterocycles. The van der Waals surface area contributed by atoms with Gasteiger partial charge in [-0.05, 0) is 31.2 Å². The molecular formula is C13H17N3O. The molecule has 0 saturated heterocycles. The van der Waals surface area contributed by atoms with Gasteiger partial charge in [0.25, 0.3) is 0 Å². The summed E-state index contributed by atoms with van der Waals surface area (Å²) in [5.41, 5.74) is 0.953. The molecule has 0 unspecified atom stereocenters. The van der Waals surface area contributed by atoms with Gasteiger partial charge in [0.1, 0.15) is 11.6 Å². The van der Waals surface area contributed by atoms with Gasteiger partial charge >= 0.3 is 0 Å². The molecule has 90 valence electrons. The van der Waals surface area contributed by atoms with Gasteiger partial charge in [-0.1, -0.05) is 6.92 Å². The molecule has 0 aliphatic carbocycles. The Bertz CT molecular complexity index is 499. The number of nitrogens with zero attached hydrogens (tertiary/aromatic N) is 2. The van der Waals surface area contributed by atoms with Crippen molar-refractivity contribution in [3.05, 3.63) is 30.2 Å². The minimum absolute atomic E-state index is 0.718. The average molecular weight is 231 g/mol. The van der Waals surface area contributed by atoms with Crippen molar-refractivity contribution in [3.63, 3.8) is 0 Å². The summed E-state index contributed by atoms with van der Waals surface area (Å²) in [5, 5.41) is 4.29. The molecule has 4 nitrogen and oxygen atoms in total. The third-order valence-corrected chi connectivity index (χ3v) is 2.55. The van der Waals surface area contributed by atoms with Crippen LogP contribution in [-0.4, -0.2) is 23.6 Å². The van der Waals surface area contributed by atoms with E-state index in [9.17, 15) is 0 Å². The molecule has 17 heavy (non-hydrogen) atoms. The van der Waals surface area contributed by atoms with Crippen LogP contribution in [0.5, 0.6) is 5.75 Å². The number of rotatable bonds is 5. The van der Waals surface area contributed by atoms with Crippen LogP contribution in [-0.2, 0) is 6.54 Å². The van der Waals surface area contributed by atoms with Gasteiger partial charge in [0.2, 0.25) is 0 Å². The number of fused-ring (bicyclic) bond motifs is 1. The topological polar surface area (TPSA) is 47.0 Å². The fourth-order valence-corrected chi connectivity index (χ4v) is 1.64. The summed E-state index contributed by atoms with van der Waals surface area (Å²) < 4.78 is 5.16. The van der Waals surface area contributed by atoms with Gasteiger partial charge in [0.05, 0.1) is 19.2 Å². The molecule has 4 heteroatoms. The average Bonchev–Trinajstić information content (AvgIpc) is 2.38. The van der Waals surface area contributed by atoms with E-state index in [2.05, 4.69) is 22.2 Å². The van der Waals surface area contributed by atoms with Crippen LogP contribution in [0.3, 0.4) is 0 Å². The summed E-state index contributed by atoms with van der Waals surface area (Å²) in [6.07, 6.45) is 2.96. The van der Waals surface area contributed by atoms with Crippen molar-refractivity contribution in [1.82, 2.24) is 15.3 Å². The number of nitrogens with one attached hydrogen (secondary N) is 1. The van der Waals surface area contributed by atoms with Gasteiger partial charge in [-0.2, -0.15) is 0 Å². The van der Waals surface area contributed by atoms with Crippen molar-refractivity contribution in [2.45, 2.75) is 19.9 Å². The monoisotopic (exact) mass is 231 g/mol. The Morgan fingerprint density at radius 3 is 3.00 bits per heavy atom. The van der Waals surface area contributed by atoms with Gasteiger partial charge in [0, 0.05) is 11.6 Å². The zero-order chi connectivity index (χ0) is 12.1. The van der Waals surface area contributed by atoms with Gasteiger partial charge in [-0.25, -0.2) is 9.97 Å². The molecule has 1 aromatic carbocycles. The molecule has 0 saturated carbocycles. The van der Waals surface area contributed by atoms with Gasteiger partial charge in [-0.15, -0.1) is 0 Å². The maximum Gasteiger partial charge on any atom is 0.142 e. The summed E-state index contributed by atoms with van der Waals surface area (Å²) in [6, 6.07) is 5.82. The summed E-state index contributed by atoms with van der Waals surface area (Å²) >= 11 is 0. The summed E-state index contributed by atoms with van der Waals surface area (Å²) in [7, 11) is 1.66.